The Balaban J connectivity index is 1.06. The SMILES string of the molecule is O=P12c3cc4ccc5cccc6ccc(c3N(c3ccc(-c7ccccc7)cc3)c3cc(N(c7ccccc7)c7ccccc7)cc(c31)N(c1ccc(-c3ccccc3)cc1)c1c2cc2ccc3cccc7ccc1c2c37)c4c56. The van der Waals surface area contributed by atoms with E-state index in [1.165, 1.54) is 43.1 Å². The Kier molecular flexibility index (Phi) is 9.37. The van der Waals surface area contributed by atoms with E-state index in [2.05, 4.69) is 294 Å². The Bertz CT molecular complexity index is 4630. The Hall–Kier alpha value is -9.99. The third kappa shape index (κ3) is 6.35. The molecule has 0 aliphatic carbocycles. The molecule has 15 aromatic carbocycles. The average Bonchev–Trinajstić information content (AvgIpc) is 3.64. The summed E-state index contributed by atoms with van der Waals surface area (Å²) in [5, 5.41) is 16.3. The molecule has 0 saturated heterocycles. The van der Waals surface area contributed by atoms with E-state index in [1.807, 2.05) is 0 Å². The van der Waals surface area contributed by atoms with Crippen LogP contribution in [-0.4, -0.2) is 0 Å². The topological polar surface area (TPSA) is 26.8 Å². The van der Waals surface area contributed by atoms with Gasteiger partial charge in [0.15, 0.2) is 7.14 Å². The molecule has 2 aliphatic rings. The first-order valence-electron chi connectivity index (χ1n) is 27.1. The molecule has 0 amide bonds. The molecular weight excluding hydrogens is 978 g/mol. The second-order valence-corrected chi connectivity index (χ2v) is 23.8. The first kappa shape index (κ1) is 44.2. The molecule has 79 heavy (non-hydrogen) atoms. The largest absolute Gasteiger partial charge is 0.310 e. The zero-order valence-corrected chi connectivity index (χ0v) is 43.6. The van der Waals surface area contributed by atoms with E-state index >= 15 is 4.57 Å². The highest BCUT2D eigenvalue weighted by Gasteiger charge is 2.51. The van der Waals surface area contributed by atoms with Gasteiger partial charge < -0.3 is 19.3 Å². The predicted molar refractivity (Wildman–Crippen MR) is 335 cm³/mol. The lowest BCUT2D eigenvalue weighted by Crippen LogP contribution is -2.43. The molecule has 0 saturated carbocycles. The molecule has 17 rings (SSSR count). The van der Waals surface area contributed by atoms with Crippen LogP contribution in [0.4, 0.5) is 51.2 Å². The van der Waals surface area contributed by atoms with Crippen molar-refractivity contribution in [2.24, 2.45) is 0 Å². The fourth-order valence-electron chi connectivity index (χ4n) is 13.5. The van der Waals surface area contributed by atoms with Crippen molar-refractivity contribution < 1.29 is 4.57 Å². The quantitative estimate of drug-likeness (QED) is 0.117. The molecule has 0 bridgehead atoms. The molecule has 0 spiro atoms. The number of para-hydroxylation sites is 2. The lowest BCUT2D eigenvalue weighted by atomic mass is 9.92. The van der Waals surface area contributed by atoms with E-state index in [1.54, 1.807) is 0 Å². The number of hydrogen-bond acceptors (Lipinski definition) is 4. The van der Waals surface area contributed by atoms with Gasteiger partial charge in [0.1, 0.15) is 0 Å². The third-order valence-corrected chi connectivity index (χ3v) is 20.1. The Labute approximate surface area is 456 Å². The highest BCUT2D eigenvalue weighted by atomic mass is 31.2. The van der Waals surface area contributed by atoms with Crippen molar-refractivity contribution >= 4 is 139 Å². The van der Waals surface area contributed by atoms with Gasteiger partial charge in [0, 0.05) is 44.1 Å². The van der Waals surface area contributed by atoms with Gasteiger partial charge in [-0.05, 0) is 149 Å². The fraction of sp³-hybridized carbons (Fsp3) is 0. The maximum absolute atomic E-state index is 18.7. The third-order valence-electron chi connectivity index (χ3n) is 16.9. The van der Waals surface area contributed by atoms with Gasteiger partial charge in [0.25, 0.3) is 0 Å². The van der Waals surface area contributed by atoms with E-state index in [4.69, 9.17) is 0 Å². The van der Waals surface area contributed by atoms with Crippen LogP contribution in [0.5, 0.6) is 0 Å². The number of hydrogen-bond donors (Lipinski definition) is 0. The van der Waals surface area contributed by atoms with Crippen LogP contribution in [0.1, 0.15) is 0 Å². The molecule has 5 heteroatoms. The van der Waals surface area contributed by atoms with Crippen molar-refractivity contribution in [1.82, 2.24) is 0 Å². The fourth-order valence-corrected chi connectivity index (χ4v) is 16.9. The Morgan fingerprint density at radius 1 is 0.291 bits per heavy atom. The van der Waals surface area contributed by atoms with Gasteiger partial charge in [-0.25, -0.2) is 0 Å². The molecule has 0 N–H and O–H groups in total. The number of fused-ring (bicyclic) bond motifs is 6. The summed E-state index contributed by atoms with van der Waals surface area (Å²) in [7, 11) is -3.88. The van der Waals surface area contributed by atoms with E-state index < -0.39 is 7.14 Å². The van der Waals surface area contributed by atoms with Crippen molar-refractivity contribution in [1.29, 1.82) is 0 Å². The minimum absolute atomic E-state index is 0.817. The van der Waals surface area contributed by atoms with Crippen molar-refractivity contribution in [3.8, 4) is 22.3 Å². The van der Waals surface area contributed by atoms with Crippen LogP contribution in [0.25, 0.3) is 86.9 Å². The van der Waals surface area contributed by atoms with Gasteiger partial charge in [-0.2, -0.15) is 0 Å². The second-order valence-electron chi connectivity index (χ2n) is 21.1. The molecule has 0 radical (unpaired) electrons. The molecule has 0 fully saturated rings. The maximum atomic E-state index is 18.7. The molecule has 2 heterocycles. The van der Waals surface area contributed by atoms with E-state index in [-0.39, 0.29) is 0 Å². The van der Waals surface area contributed by atoms with Gasteiger partial charge in [-0.3, -0.25) is 0 Å². The van der Waals surface area contributed by atoms with Gasteiger partial charge >= 0.3 is 0 Å². The highest BCUT2D eigenvalue weighted by Crippen LogP contribution is 2.65. The zero-order chi connectivity index (χ0) is 51.9. The Morgan fingerprint density at radius 2 is 0.646 bits per heavy atom. The number of anilines is 9. The van der Waals surface area contributed by atoms with Crippen molar-refractivity contribution in [2.75, 3.05) is 14.7 Å². The van der Waals surface area contributed by atoms with Gasteiger partial charge in [0.05, 0.1) is 33.7 Å². The van der Waals surface area contributed by atoms with Crippen molar-refractivity contribution in [3.05, 3.63) is 279 Å². The van der Waals surface area contributed by atoms with Crippen LogP contribution >= 0.6 is 7.14 Å². The smallest absolute Gasteiger partial charge is 0.179 e. The molecule has 0 unspecified atom stereocenters. The summed E-state index contributed by atoms with van der Waals surface area (Å²) in [6, 6.07) is 101. The number of nitrogens with zero attached hydrogens (tertiary/aromatic N) is 3. The Morgan fingerprint density at radius 3 is 1.05 bits per heavy atom. The van der Waals surface area contributed by atoms with Crippen LogP contribution < -0.4 is 30.6 Å². The first-order chi connectivity index (χ1) is 39.1. The van der Waals surface area contributed by atoms with Crippen LogP contribution in [0, 0.1) is 0 Å². The summed E-state index contributed by atoms with van der Waals surface area (Å²) in [5.74, 6) is 0. The van der Waals surface area contributed by atoms with E-state index in [0.717, 1.165) is 111 Å². The van der Waals surface area contributed by atoms with E-state index in [0.29, 0.717) is 0 Å². The van der Waals surface area contributed by atoms with Crippen LogP contribution in [-0.2, 0) is 4.57 Å². The molecule has 0 atom stereocenters. The van der Waals surface area contributed by atoms with Gasteiger partial charge in [-0.1, -0.05) is 206 Å². The summed E-state index contributed by atoms with van der Waals surface area (Å²) >= 11 is 0. The molecule has 0 aromatic heterocycles. The van der Waals surface area contributed by atoms with E-state index in [9.17, 15) is 0 Å². The lowest BCUT2D eigenvalue weighted by Gasteiger charge is -2.46. The second kappa shape index (κ2) is 16.8. The number of benzene rings is 15. The molecule has 368 valence electrons. The predicted octanol–water partition coefficient (Wildman–Crippen LogP) is 19.5. The number of rotatable bonds is 7. The molecule has 2 aliphatic heterocycles. The summed E-state index contributed by atoms with van der Waals surface area (Å²) in [6.45, 7) is 0. The molecular formula is C74H46N3OP. The highest BCUT2D eigenvalue weighted by molar-refractivity contribution is 7.87. The standard InChI is InChI=1S/C74H46N3OP/c78-79-66-43-55-29-27-51-19-13-21-53-35-41-62(70(55)68(51)53)72(66)76(59-37-31-49(32-38-59)47-15-5-1-6-16-47)64-45-61(75(57-23-9-3-10-24-57)58-25-11-4-12-26-58)46-65(74(64)79)77(60-39-33-50(34-40-60)48-17-7-2-8-18-48)73-63-42-36-54-22-14-20-52-28-30-56(44-67(73)79)71(63)69(52)54/h1-46H. The molecule has 4 nitrogen and oxygen atoms in total. The van der Waals surface area contributed by atoms with Gasteiger partial charge in [-0.15, -0.1) is 0 Å². The van der Waals surface area contributed by atoms with Gasteiger partial charge in [0.2, 0.25) is 0 Å². The summed E-state index contributed by atoms with van der Waals surface area (Å²) in [6.07, 6.45) is 0. The average molecular weight is 1020 g/mol. The minimum Gasteiger partial charge on any atom is -0.310 e. The van der Waals surface area contributed by atoms with Crippen molar-refractivity contribution in [3.63, 3.8) is 0 Å². The lowest BCUT2D eigenvalue weighted by molar-refractivity contribution is 0.592. The molecule has 15 aromatic rings. The van der Waals surface area contributed by atoms with Crippen molar-refractivity contribution in [2.45, 2.75) is 0 Å². The maximum Gasteiger partial charge on any atom is 0.179 e. The summed E-state index contributed by atoms with van der Waals surface area (Å²) < 4.78 is 18.7. The summed E-state index contributed by atoms with van der Waals surface area (Å²) in [5.41, 5.74) is 13.1. The van der Waals surface area contributed by atoms with Crippen LogP contribution in [0.3, 0.4) is 0 Å². The van der Waals surface area contributed by atoms with Crippen LogP contribution in [0.15, 0.2) is 279 Å². The monoisotopic (exact) mass is 1020 g/mol. The first-order valence-corrected chi connectivity index (χ1v) is 28.8. The normalized spacial score (nSPS) is 13.4. The summed E-state index contributed by atoms with van der Waals surface area (Å²) in [4.78, 5) is 7.26. The van der Waals surface area contributed by atoms with Crippen LogP contribution in [0.2, 0.25) is 0 Å². The zero-order valence-electron chi connectivity index (χ0n) is 42.8. The minimum atomic E-state index is -3.88.